The fourth-order valence-corrected chi connectivity index (χ4v) is 5.12. The minimum Gasteiger partial charge on any atom is -0.481 e. The van der Waals surface area contributed by atoms with E-state index in [0.717, 1.165) is 33.6 Å². The molecule has 1 aliphatic rings. The number of nitrogens with zero attached hydrogens (tertiary/aromatic N) is 1. The van der Waals surface area contributed by atoms with E-state index in [4.69, 9.17) is 9.84 Å². The van der Waals surface area contributed by atoms with Crippen molar-refractivity contribution in [1.29, 1.82) is 0 Å². The lowest BCUT2D eigenvalue weighted by molar-refractivity contribution is -0.139. The number of carbonyl (C=O) groups excluding carboxylic acids is 2. The summed E-state index contributed by atoms with van der Waals surface area (Å²) in [5.41, 5.74) is 4.41. The molecule has 0 atom stereocenters. The number of carboxylic acids is 1. The molecule has 1 aliphatic carbocycles. The smallest absolute Gasteiger partial charge is 0.413 e. The van der Waals surface area contributed by atoms with Crippen molar-refractivity contribution >= 4 is 34.4 Å². The summed E-state index contributed by atoms with van der Waals surface area (Å²) in [6, 6.07) is 16.2. The molecule has 2 aromatic carbocycles. The van der Waals surface area contributed by atoms with Crippen molar-refractivity contribution in [3.63, 3.8) is 0 Å². The van der Waals surface area contributed by atoms with E-state index in [0.29, 0.717) is 10.6 Å². The number of aryl methyl sites for hydroxylation is 1. The normalized spacial score (nSPS) is 12.5. The van der Waals surface area contributed by atoms with Gasteiger partial charge < -0.3 is 15.2 Å². The van der Waals surface area contributed by atoms with Gasteiger partial charge >= 0.3 is 12.1 Å². The summed E-state index contributed by atoms with van der Waals surface area (Å²) in [6.07, 6.45) is -0.709. The second-order valence-electron chi connectivity index (χ2n) is 9.30. The number of carboxylic acid groups (broad SMARTS) is 1. The van der Waals surface area contributed by atoms with Crippen LogP contribution in [-0.2, 0) is 9.53 Å². The Labute approximate surface area is 207 Å². The highest BCUT2D eigenvalue weighted by atomic mass is 32.1. The third-order valence-corrected chi connectivity index (χ3v) is 6.98. The van der Waals surface area contributed by atoms with Gasteiger partial charge in [0.15, 0.2) is 5.13 Å². The first-order chi connectivity index (χ1) is 16.6. The molecule has 0 fully saturated rings. The van der Waals surface area contributed by atoms with Gasteiger partial charge in [-0.2, -0.15) is 0 Å². The first kappa shape index (κ1) is 24.4. The minimum absolute atomic E-state index is 0.0540. The maximum Gasteiger partial charge on any atom is 0.413 e. The summed E-state index contributed by atoms with van der Waals surface area (Å²) in [5.74, 6) is -1.34. The molecule has 0 saturated carbocycles. The van der Waals surface area contributed by atoms with Crippen molar-refractivity contribution in [1.82, 2.24) is 10.3 Å². The molecule has 0 aliphatic heterocycles. The standard InChI is InChI=1S/C26H27N3O5S/c1-15-22(23(32)27-14-26(2,3)12-21(30)31)35-24(28-15)29-25(33)34-13-20-18-10-6-4-8-16(18)17-9-5-7-11-19(17)20/h4-11,20H,12-14H2,1-3H3,(H,27,32)(H,30,31)(H,28,29,33). The van der Waals surface area contributed by atoms with Gasteiger partial charge in [0, 0.05) is 12.5 Å². The predicted octanol–water partition coefficient (Wildman–Crippen LogP) is 5.04. The van der Waals surface area contributed by atoms with Crippen molar-refractivity contribution in [2.24, 2.45) is 5.41 Å². The van der Waals surface area contributed by atoms with Crippen LogP contribution in [0, 0.1) is 12.3 Å². The van der Waals surface area contributed by atoms with E-state index in [1.54, 1.807) is 20.8 Å². The molecule has 182 valence electrons. The molecule has 0 spiro atoms. The Bertz CT molecular complexity index is 1240. The van der Waals surface area contributed by atoms with Gasteiger partial charge in [0.1, 0.15) is 11.5 Å². The van der Waals surface area contributed by atoms with E-state index < -0.39 is 17.5 Å². The number of aromatic nitrogens is 1. The Morgan fingerprint density at radius 3 is 2.26 bits per heavy atom. The zero-order valence-electron chi connectivity index (χ0n) is 19.8. The largest absolute Gasteiger partial charge is 0.481 e. The molecule has 0 saturated heterocycles. The molecule has 0 radical (unpaired) electrons. The Balaban J connectivity index is 1.36. The topological polar surface area (TPSA) is 118 Å². The summed E-state index contributed by atoms with van der Waals surface area (Å²) in [4.78, 5) is 40.7. The molecule has 8 nitrogen and oxygen atoms in total. The third kappa shape index (κ3) is 5.51. The Morgan fingerprint density at radius 2 is 1.66 bits per heavy atom. The minimum atomic E-state index is -0.923. The van der Waals surface area contributed by atoms with Crippen LogP contribution in [0.25, 0.3) is 11.1 Å². The molecule has 3 aromatic rings. The van der Waals surface area contributed by atoms with Crippen molar-refractivity contribution < 1.29 is 24.2 Å². The molecule has 0 bridgehead atoms. The lowest BCUT2D eigenvalue weighted by Gasteiger charge is -2.22. The van der Waals surface area contributed by atoms with E-state index in [2.05, 4.69) is 27.8 Å². The number of nitrogens with one attached hydrogen (secondary N) is 2. The van der Waals surface area contributed by atoms with E-state index in [-0.39, 0.29) is 36.5 Å². The number of amides is 2. The molecule has 4 rings (SSSR count). The maximum absolute atomic E-state index is 12.6. The van der Waals surface area contributed by atoms with Gasteiger partial charge in [0.25, 0.3) is 5.91 Å². The van der Waals surface area contributed by atoms with E-state index in [1.165, 1.54) is 0 Å². The van der Waals surface area contributed by atoms with Crippen LogP contribution in [0.15, 0.2) is 48.5 Å². The molecular weight excluding hydrogens is 466 g/mol. The number of ether oxygens (including phenoxy) is 1. The first-order valence-corrected chi connectivity index (χ1v) is 12.1. The Morgan fingerprint density at radius 1 is 1.06 bits per heavy atom. The summed E-state index contributed by atoms with van der Waals surface area (Å²) in [6.45, 7) is 5.59. The predicted molar refractivity (Wildman–Crippen MR) is 134 cm³/mol. The fraction of sp³-hybridized carbons (Fsp3) is 0.308. The second-order valence-corrected chi connectivity index (χ2v) is 10.3. The highest BCUT2D eigenvalue weighted by molar-refractivity contribution is 7.17. The number of carbonyl (C=O) groups is 3. The van der Waals surface area contributed by atoms with Crippen LogP contribution in [0.1, 0.15) is 52.7 Å². The van der Waals surface area contributed by atoms with Gasteiger partial charge in [-0.05, 0) is 34.6 Å². The summed E-state index contributed by atoms with van der Waals surface area (Å²) in [7, 11) is 0. The van der Waals surface area contributed by atoms with Gasteiger partial charge in [-0.1, -0.05) is 73.7 Å². The van der Waals surface area contributed by atoms with E-state index >= 15 is 0 Å². The van der Waals surface area contributed by atoms with Gasteiger partial charge in [0.05, 0.1) is 12.1 Å². The van der Waals surface area contributed by atoms with Crippen LogP contribution < -0.4 is 10.6 Å². The van der Waals surface area contributed by atoms with Crippen molar-refractivity contribution in [3.05, 3.63) is 70.2 Å². The zero-order valence-corrected chi connectivity index (χ0v) is 20.6. The highest BCUT2D eigenvalue weighted by Crippen LogP contribution is 2.44. The SMILES string of the molecule is Cc1nc(NC(=O)OCC2c3ccccc3-c3ccccc32)sc1C(=O)NCC(C)(C)CC(=O)O. The number of thiazole rings is 1. The number of fused-ring (bicyclic) bond motifs is 3. The van der Waals surface area contributed by atoms with Crippen molar-refractivity contribution in [3.8, 4) is 11.1 Å². The number of hydrogen-bond donors (Lipinski definition) is 3. The molecule has 3 N–H and O–H groups in total. The van der Waals surface area contributed by atoms with Gasteiger partial charge in [-0.15, -0.1) is 0 Å². The van der Waals surface area contributed by atoms with Gasteiger partial charge in [0.2, 0.25) is 0 Å². The quantitative estimate of drug-likeness (QED) is 0.405. The van der Waals surface area contributed by atoms with Crippen molar-refractivity contribution in [2.45, 2.75) is 33.1 Å². The molecular formula is C26H27N3O5S. The monoisotopic (exact) mass is 493 g/mol. The van der Waals surface area contributed by atoms with Crippen LogP contribution in [0.2, 0.25) is 0 Å². The molecule has 1 aromatic heterocycles. The lowest BCUT2D eigenvalue weighted by atomic mass is 9.89. The van der Waals surface area contributed by atoms with Crippen molar-refractivity contribution in [2.75, 3.05) is 18.5 Å². The van der Waals surface area contributed by atoms with Crippen LogP contribution >= 0.6 is 11.3 Å². The summed E-state index contributed by atoms with van der Waals surface area (Å²) in [5, 5.41) is 14.6. The Hall–Kier alpha value is -3.72. The van der Waals surface area contributed by atoms with Crippen LogP contribution in [-0.4, -0.2) is 41.2 Å². The van der Waals surface area contributed by atoms with E-state index in [9.17, 15) is 14.4 Å². The third-order valence-electron chi connectivity index (χ3n) is 5.91. The maximum atomic E-state index is 12.6. The summed E-state index contributed by atoms with van der Waals surface area (Å²) >= 11 is 1.04. The van der Waals surface area contributed by atoms with Crippen LogP contribution in [0.4, 0.5) is 9.93 Å². The average Bonchev–Trinajstić information content (AvgIpc) is 3.32. The molecule has 1 heterocycles. The summed E-state index contributed by atoms with van der Waals surface area (Å²) < 4.78 is 5.54. The first-order valence-electron chi connectivity index (χ1n) is 11.2. The number of anilines is 1. The second kappa shape index (κ2) is 9.87. The highest BCUT2D eigenvalue weighted by Gasteiger charge is 2.29. The molecule has 0 unspecified atom stereocenters. The molecule has 35 heavy (non-hydrogen) atoms. The molecule has 2 amide bonds. The van der Waals surface area contributed by atoms with Gasteiger partial charge in [-0.25, -0.2) is 9.78 Å². The lowest BCUT2D eigenvalue weighted by Crippen LogP contribution is -2.35. The fourth-order valence-electron chi connectivity index (χ4n) is 4.25. The van der Waals surface area contributed by atoms with Crippen LogP contribution in [0.5, 0.6) is 0 Å². The Kier molecular flexibility index (Phi) is 6.88. The number of rotatable bonds is 8. The number of aliphatic carboxylic acids is 1. The average molecular weight is 494 g/mol. The van der Waals surface area contributed by atoms with Crippen LogP contribution in [0.3, 0.4) is 0 Å². The number of benzene rings is 2. The van der Waals surface area contributed by atoms with Gasteiger partial charge in [-0.3, -0.25) is 14.9 Å². The number of hydrogen-bond acceptors (Lipinski definition) is 6. The zero-order chi connectivity index (χ0) is 25.2. The van der Waals surface area contributed by atoms with E-state index in [1.807, 2.05) is 36.4 Å². The molecule has 9 heteroatoms.